The number of carbonyl (C=O) groups is 2. The van der Waals surface area contributed by atoms with Crippen molar-refractivity contribution in [1.82, 2.24) is 10.6 Å². The van der Waals surface area contributed by atoms with E-state index in [4.69, 9.17) is 4.74 Å². The Kier molecular flexibility index (Phi) is 4.64. The summed E-state index contributed by atoms with van der Waals surface area (Å²) in [5.41, 5.74) is 0. The number of para-hydroxylation sites is 1. The van der Waals surface area contributed by atoms with Crippen molar-refractivity contribution >= 4 is 11.8 Å². The summed E-state index contributed by atoms with van der Waals surface area (Å²) in [5, 5.41) is 6.31. The van der Waals surface area contributed by atoms with Gasteiger partial charge < -0.3 is 15.4 Å². The zero-order valence-corrected chi connectivity index (χ0v) is 14.4. The molecular formula is C20H26N2O3. The Labute approximate surface area is 148 Å². The van der Waals surface area contributed by atoms with Crippen LogP contribution in [0.25, 0.3) is 0 Å². The van der Waals surface area contributed by atoms with Crippen molar-refractivity contribution in [3.63, 3.8) is 0 Å². The van der Waals surface area contributed by atoms with Crippen LogP contribution in [0.3, 0.4) is 0 Å². The Morgan fingerprint density at radius 2 is 1.96 bits per heavy atom. The fraction of sp³-hybridized carbons (Fsp3) is 0.600. The van der Waals surface area contributed by atoms with Crippen LogP contribution >= 0.6 is 0 Å². The van der Waals surface area contributed by atoms with E-state index in [2.05, 4.69) is 10.6 Å². The van der Waals surface area contributed by atoms with Crippen molar-refractivity contribution in [2.45, 2.75) is 50.6 Å². The highest BCUT2D eigenvalue weighted by Gasteiger charge is 2.48. The molecule has 2 saturated carbocycles. The summed E-state index contributed by atoms with van der Waals surface area (Å²) in [6, 6.07) is 9.72. The number of nitrogens with one attached hydrogen (secondary N) is 2. The Morgan fingerprint density at radius 1 is 1.12 bits per heavy atom. The molecule has 5 unspecified atom stereocenters. The van der Waals surface area contributed by atoms with Gasteiger partial charge in [0.25, 0.3) is 5.91 Å². The van der Waals surface area contributed by atoms with Gasteiger partial charge in [-0.1, -0.05) is 24.6 Å². The molecule has 0 aromatic heterocycles. The topological polar surface area (TPSA) is 67.4 Å². The van der Waals surface area contributed by atoms with Gasteiger partial charge >= 0.3 is 0 Å². The maximum Gasteiger partial charge on any atom is 0.258 e. The van der Waals surface area contributed by atoms with Gasteiger partial charge in [-0.05, 0) is 56.1 Å². The standard InChI is InChI=1S/C20H26N2O3/c23-19(12-25-14-5-2-1-3-6-14)21-13-9-10-16-15-7-4-8-17(15)20(24)22-18(16)11-13/h1-3,5-6,13,15-18H,4,7-12H2,(H,21,23)(H,22,24). The maximum absolute atomic E-state index is 12.3. The minimum atomic E-state index is -0.0896. The van der Waals surface area contributed by atoms with Gasteiger partial charge in [-0.25, -0.2) is 0 Å². The van der Waals surface area contributed by atoms with Crippen LogP contribution in [0, 0.1) is 17.8 Å². The third-order valence-electron chi connectivity index (χ3n) is 6.17. The van der Waals surface area contributed by atoms with E-state index in [-0.39, 0.29) is 36.4 Å². The highest BCUT2D eigenvalue weighted by atomic mass is 16.5. The lowest BCUT2D eigenvalue weighted by Crippen LogP contribution is -2.57. The molecule has 3 aliphatic rings. The van der Waals surface area contributed by atoms with Gasteiger partial charge in [-0.2, -0.15) is 0 Å². The second-order valence-corrected chi connectivity index (χ2v) is 7.66. The number of carbonyl (C=O) groups excluding carboxylic acids is 2. The van der Waals surface area contributed by atoms with E-state index >= 15 is 0 Å². The second kappa shape index (κ2) is 7.06. The third kappa shape index (κ3) is 3.51. The largest absolute Gasteiger partial charge is 0.484 e. The minimum Gasteiger partial charge on any atom is -0.484 e. The van der Waals surface area contributed by atoms with E-state index in [1.54, 1.807) is 0 Å². The van der Waals surface area contributed by atoms with Crippen LogP contribution in [0.5, 0.6) is 5.75 Å². The van der Waals surface area contributed by atoms with E-state index in [0.29, 0.717) is 17.6 Å². The average molecular weight is 342 g/mol. The third-order valence-corrected chi connectivity index (χ3v) is 6.17. The Hall–Kier alpha value is -2.04. The monoisotopic (exact) mass is 342 g/mol. The SMILES string of the molecule is O=C(COc1ccccc1)NC1CCC2C(C1)NC(=O)C1CCCC12. The van der Waals surface area contributed by atoms with Crippen molar-refractivity contribution in [3.8, 4) is 5.75 Å². The van der Waals surface area contributed by atoms with Crippen LogP contribution in [-0.2, 0) is 9.59 Å². The molecule has 1 heterocycles. The van der Waals surface area contributed by atoms with Crippen LogP contribution in [0.4, 0.5) is 0 Å². The fourth-order valence-electron chi connectivity index (χ4n) is 5.05. The van der Waals surface area contributed by atoms with Crippen LogP contribution < -0.4 is 15.4 Å². The molecule has 0 radical (unpaired) electrons. The van der Waals surface area contributed by atoms with E-state index < -0.39 is 0 Å². The zero-order valence-electron chi connectivity index (χ0n) is 14.4. The number of amides is 2. The van der Waals surface area contributed by atoms with Crippen LogP contribution in [-0.4, -0.2) is 30.5 Å². The number of hydrogen-bond donors (Lipinski definition) is 2. The molecule has 1 aromatic rings. The van der Waals surface area contributed by atoms with Crippen molar-refractivity contribution < 1.29 is 14.3 Å². The molecule has 1 saturated heterocycles. The number of benzene rings is 1. The van der Waals surface area contributed by atoms with E-state index in [0.717, 1.165) is 25.7 Å². The van der Waals surface area contributed by atoms with Gasteiger partial charge in [-0.3, -0.25) is 9.59 Å². The maximum atomic E-state index is 12.3. The van der Waals surface area contributed by atoms with Gasteiger partial charge in [0.05, 0.1) is 0 Å². The Morgan fingerprint density at radius 3 is 2.80 bits per heavy atom. The summed E-state index contributed by atoms with van der Waals surface area (Å²) in [7, 11) is 0. The molecule has 5 nitrogen and oxygen atoms in total. The molecule has 5 heteroatoms. The molecule has 3 fully saturated rings. The Balaban J connectivity index is 1.29. The summed E-state index contributed by atoms with van der Waals surface area (Å²) in [5.74, 6) is 2.26. The predicted molar refractivity (Wildman–Crippen MR) is 94.0 cm³/mol. The fourth-order valence-corrected chi connectivity index (χ4v) is 5.05. The summed E-state index contributed by atoms with van der Waals surface area (Å²) < 4.78 is 5.51. The van der Waals surface area contributed by atoms with Crippen LogP contribution in [0.2, 0.25) is 0 Å². The van der Waals surface area contributed by atoms with Crippen molar-refractivity contribution in [2.75, 3.05) is 6.61 Å². The molecule has 1 aromatic carbocycles. The van der Waals surface area contributed by atoms with E-state index in [1.807, 2.05) is 30.3 Å². The minimum absolute atomic E-state index is 0.0334. The number of fused-ring (bicyclic) bond motifs is 3. The number of piperidine rings is 1. The van der Waals surface area contributed by atoms with Gasteiger partial charge in [0.15, 0.2) is 6.61 Å². The molecule has 2 N–H and O–H groups in total. The van der Waals surface area contributed by atoms with Crippen molar-refractivity contribution in [1.29, 1.82) is 0 Å². The number of ether oxygens (including phenoxy) is 1. The first-order chi connectivity index (χ1) is 12.2. The first-order valence-corrected chi connectivity index (χ1v) is 9.48. The molecule has 1 aliphatic heterocycles. The molecule has 134 valence electrons. The smallest absolute Gasteiger partial charge is 0.258 e. The molecule has 25 heavy (non-hydrogen) atoms. The lowest BCUT2D eigenvalue weighted by Gasteiger charge is -2.45. The summed E-state index contributed by atoms with van der Waals surface area (Å²) in [4.78, 5) is 24.5. The van der Waals surface area contributed by atoms with Crippen molar-refractivity contribution in [3.05, 3.63) is 30.3 Å². The molecule has 2 aliphatic carbocycles. The van der Waals surface area contributed by atoms with Gasteiger partial charge in [0.1, 0.15) is 5.75 Å². The predicted octanol–water partition coefficient (Wildman–Crippen LogP) is 2.26. The molecular weight excluding hydrogens is 316 g/mol. The summed E-state index contributed by atoms with van der Waals surface area (Å²) in [6.45, 7) is 0.0334. The molecule has 5 atom stereocenters. The van der Waals surface area contributed by atoms with Crippen LogP contribution in [0.1, 0.15) is 38.5 Å². The highest BCUT2D eigenvalue weighted by molar-refractivity contribution is 5.81. The average Bonchev–Trinajstić information content (AvgIpc) is 3.11. The second-order valence-electron chi connectivity index (χ2n) is 7.66. The lowest BCUT2D eigenvalue weighted by molar-refractivity contribution is -0.132. The lowest BCUT2D eigenvalue weighted by atomic mass is 9.68. The van der Waals surface area contributed by atoms with Gasteiger partial charge in [-0.15, -0.1) is 0 Å². The van der Waals surface area contributed by atoms with Gasteiger partial charge in [0, 0.05) is 18.0 Å². The number of rotatable bonds is 4. The molecule has 4 rings (SSSR count). The van der Waals surface area contributed by atoms with Gasteiger partial charge in [0.2, 0.25) is 5.91 Å². The Bertz CT molecular complexity index is 633. The van der Waals surface area contributed by atoms with Crippen LogP contribution in [0.15, 0.2) is 30.3 Å². The molecule has 0 spiro atoms. The summed E-state index contributed by atoms with van der Waals surface area (Å²) in [6.07, 6.45) is 6.37. The molecule has 0 bridgehead atoms. The number of hydrogen-bond acceptors (Lipinski definition) is 3. The van der Waals surface area contributed by atoms with E-state index in [1.165, 1.54) is 12.8 Å². The highest BCUT2D eigenvalue weighted by Crippen LogP contribution is 2.45. The van der Waals surface area contributed by atoms with E-state index in [9.17, 15) is 9.59 Å². The molecule has 2 amide bonds. The zero-order chi connectivity index (χ0) is 17.2. The summed E-state index contributed by atoms with van der Waals surface area (Å²) >= 11 is 0. The first-order valence-electron chi connectivity index (χ1n) is 9.48. The van der Waals surface area contributed by atoms with Crippen molar-refractivity contribution in [2.24, 2.45) is 17.8 Å². The first kappa shape index (κ1) is 16.4. The normalized spacial score (nSPS) is 33.8. The quantitative estimate of drug-likeness (QED) is 0.882.